The molecule has 2 N–H and O–H groups in total. The van der Waals surface area contributed by atoms with E-state index in [1.807, 2.05) is 0 Å². The van der Waals surface area contributed by atoms with E-state index in [0.717, 1.165) is 0 Å². The number of nitrogens with zero attached hydrogens (tertiary/aromatic N) is 1. The normalized spacial score (nSPS) is 11.0. The van der Waals surface area contributed by atoms with Crippen LogP contribution in [0, 0.1) is 22.5 Å². The molecule has 0 aliphatic rings. The lowest BCUT2D eigenvalue weighted by Gasteiger charge is -2.26. The molecule has 1 aromatic rings. The molecule has 0 saturated heterocycles. The third-order valence-electron chi connectivity index (χ3n) is 4.07. The molecule has 0 radical (unpaired) electrons. The van der Waals surface area contributed by atoms with Crippen LogP contribution in [0.5, 0.6) is 0 Å². The summed E-state index contributed by atoms with van der Waals surface area (Å²) in [4.78, 5) is 33.8. The van der Waals surface area contributed by atoms with E-state index in [1.54, 1.807) is 20.8 Å². The molecule has 1 aromatic carbocycles. The predicted molar refractivity (Wildman–Crippen MR) is 80.8 cm³/mol. The van der Waals surface area contributed by atoms with E-state index in [4.69, 9.17) is 0 Å². The minimum Gasteiger partial charge on any atom is -0.481 e. The van der Waals surface area contributed by atoms with Gasteiger partial charge in [-0.1, -0.05) is 19.9 Å². The maximum atomic E-state index is 12.2. The Morgan fingerprint density at radius 3 is 2.36 bits per heavy atom. The molecule has 0 aliphatic carbocycles. The smallest absolute Gasteiger partial charge is 0.311 e. The highest BCUT2D eigenvalue weighted by molar-refractivity contribution is 5.96. The number of carboxylic acid groups (broad SMARTS) is 1. The number of hydrogen-bond donors (Lipinski definition) is 2. The molecule has 0 aliphatic heterocycles. The number of nitro benzene ring substituents is 1. The number of nitrogens with one attached hydrogen (secondary N) is 1. The first-order chi connectivity index (χ1) is 10.3. The van der Waals surface area contributed by atoms with Crippen LogP contribution in [0.25, 0.3) is 0 Å². The number of carbonyl (C=O) groups excluding carboxylic acids is 1. The molecular formula is C15H20N2O5. The van der Waals surface area contributed by atoms with E-state index < -0.39 is 22.2 Å². The van der Waals surface area contributed by atoms with Crippen LogP contribution in [0.4, 0.5) is 5.69 Å². The number of non-ortho nitro benzene ring substituents is 1. The Bertz CT molecular complexity index is 594. The first-order valence-electron chi connectivity index (χ1n) is 7.04. The maximum Gasteiger partial charge on any atom is 0.311 e. The number of benzene rings is 1. The van der Waals surface area contributed by atoms with Crippen LogP contribution < -0.4 is 5.32 Å². The molecule has 0 aromatic heterocycles. The van der Waals surface area contributed by atoms with Gasteiger partial charge in [-0.25, -0.2) is 0 Å². The predicted octanol–water partition coefficient (Wildman–Crippen LogP) is 2.52. The molecule has 0 atom stereocenters. The van der Waals surface area contributed by atoms with Crippen molar-refractivity contribution in [2.24, 2.45) is 5.41 Å². The monoisotopic (exact) mass is 308 g/mol. The number of aliphatic carboxylic acids is 1. The molecule has 7 nitrogen and oxygen atoms in total. The van der Waals surface area contributed by atoms with Gasteiger partial charge in [-0.3, -0.25) is 19.7 Å². The summed E-state index contributed by atoms with van der Waals surface area (Å²) in [7, 11) is 0. The molecule has 1 amide bonds. The fraction of sp³-hybridized carbons (Fsp3) is 0.467. The van der Waals surface area contributed by atoms with Gasteiger partial charge >= 0.3 is 5.97 Å². The summed E-state index contributed by atoms with van der Waals surface area (Å²) in [5.41, 5.74) is -0.423. The largest absolute Gasteiger partial charge is 0.481 e. The summed E-state index contributed by atoms with van der Waals surface area (Å²) in [6.45, 7) is 5.16. The summed E-state index contributed by atoms with van der Waals surface area (Å²) in [5, 5.41) is 22.7. The van der Waals surface area contributed by atoms with E-state index in [2.05, 4.69) is 5.32 Å². The van der Waals surface area contributed by atoms with Gasteiger partial charge in [0.25, 0.3) is 11.6 Å². The molecule has 120 valence electrons. The fourth-order valence-corrected chi connectivity index (χ4v) is 2.19. The average molecular weight is 308 g/mol. The fourth-order valence-electron chi connectivity index (χ4n) is 2.19. The second-order valence-electron chi connectivity index (χ2n) is 5.23. The molecular weight excluding hydrogens is 288 g/mol. The van der Waals surface area contributed by atoms with Crippen LogP contribution in [0.2, 0.25) is 0 Å². The van der Waals surface area contributed by atoms with Crippen LogP contribution in [0.1, 0.15) is 42.6 Å². The molecule has 0 saturated carbocycles. The van der Waals surface area contributed by atoms with Crippen LogP contribution in [0.15, 0.2) is 18.2 Å². The van der Waals surface area contributed by atoms with Gasteiger partial charge in [-0.05, 0) is 25.3 Å². The molecule has 0 spiro atoms. The van der Waals surface area contributed by atoms with Gasteiger partial charge in [0, 0.05) is 24.2 Å². The lowest BCUT2D eigenvalue weighted by molar-refractivity contribution is -0.384. The van der Waals surface area contributed by atoms with Crippen molar-refractivity contribution in [2.75, 3.05) is 6.54 Å². The number of carbonyl (C=O) groups is 2. The molecule has 0 heterocycles. The highest BCUT2D eigenvalue weighted by Crippen LogP contribution is 2.26. The lowest BCUT2D eigenvalue weighted by atomic mass is 9.82. The van der Waals surface area contributed by atoms with Gasteiger partial charge in [0.1, 0.15) is 0 Å². The minimum atomic E-state index is -1.02. The molecule has 0 bridgehead atoms. The summed E-state index contributed by atoms with van der Waals surface area (Å²) >= 11 is 0. The second-order valence-corrected chi connectivity index (χ2v) is 5.23. The molecule has 0 fully saturated rings. The third-order valence-corrected chi connectivity index (χ3v) is 4.07. The van der Waals surface area contributed by atoms with Gasteiger partial charge in [0.2, 0.25) is 0 Å². The van der Waals surface area contributed by atoms with Crippen molar-refractivity contribution >= 4 is 17.6 Å². The average Bonchev–Trinajstić information content (AvgIpc) is 2.48. The minimum absolute atomic E-state index is 0.0176. The number of aryl methyl sites for hydroxylation is 1. The van der Waals surface area contributed by atoms with Crippen molar-refractivity contribution in [1.29, 1.82) is 0 Å². The molecule has 22 heavy (non-hydrogen) atoms. The van der Waals surface area contributed by atoms with Gasteiger partial charge in [-0.15, -0.1) is 0 Å². The molecule has 1 rings (SSSR count). The van der Waals surface area contributed by atoms with Crippen molar-refractivity contribution in [3.8, 4) is 0 Å². The maximum absolute atomic E-state index is 12.2. The van der Waals surface area contributed by atoms with Crippen LogP contribution in [0.3, 0.4) is 0 Å². The highest BCUT2D eigenvalue weighted by atomic mass is 16.6. The van der Waals surface area contributed by atoms with E-state index in [0.29, 0.717) is 18.4 Å². The zero-order valence-corrected chi connectivity index (χ0v) is 12.9. The topological polar surface area (TPSA) is 110 Å². The van der Waals surface area contributed by atoms with Gasteiger partial charge < -0.3 is 10.4 Å². The summed E-state index contributed by atoms with van der Waals surface area (Å²) in [6, 6.07) is 4.02. The standard InChI is InChI=1S/C15H20N2O5/c1-4-15(5-2,14(19)20)9-16-13(18)12-8-11(17(21)22)7-6-10(12)3/h6-8H,4-5,9H2,1-3H3,(H,16,18)(H,19,20). The van der Waals surface area contributed by atoms with Gasteiger partial charge in [-0.2, -0.15) is 0 Å². The Morgan fingerprint density at radius 1 is 1.32 bits per heavy atom. The molecule has 7 heteroatoms. The number of hydrogen-bond acceptors (Lipinski definition) is 4. The van der Waals surface area contributed by atoms with E-state index >= 15 is 0 Å². The number of rotatable bonds is 7. The number of amides is 1. The van der Waals surface area contributed by atoms with Crippen molar-refractivity contribution in [2.45, 2.75) is 33.6 Å². The Balaban J connectivity index is 2.96. The Kier molecular flexibility index (Phi) is 5.62. The van der Waals surface area contributed by atoms with Crippen LogP contribution in [-0.2, 0) is 4.79 Å². The Hall–Kier alpha value is -2.44. The lowest BCUT2D eigenvalue weighted by Crippen LogP contribution is -2.42. The van der Waals surface area contributed by atoms with Crippen molar-refractivity contribution in [3.05, 3.63) is 39.4 Å². The van der Waals surface area contributed by atoms with Gasteiger partial charge in [0.05, 0.1) is 10.3 Å². The van der Waals surface area contributed by atoms with Crippen molar-refractivity contribution in [3.63, 3.8) is 0 Å². The van der Waals surface area contributed by atoms with E-state index in [1.165, 1.54) is 18.2 Å². The van der Waals surface area contributed by atoms with Gasteiger partial charge in [0.15, 0.2) is 0 Å². The summed E-state index contributed by atoms with van der Waals surface area (Å²) < 4.78 is 0. The first-order valence-corrected chi connectivity index (χ1v) is 7.04. The van der Waals surface area contributed by atoms with Crippen molar-refractivity contribution in [1.82, 2.24) is 5.32 Å². The Labute approximate surface area is 128 Å². The van der Waals surface area contributed by atoms with E-state index in [9.17, 15) is 24.8 Å². The number of carboxylic acids is 1. The zero-order chi connectivity index (χ0) is 16.9. The first kappa shape index (κ1) is 17.6. The number of nitro groups is 1. The Morgan fingerprint density at radius 2 is 1.91 bits per heavy atom. The highest BCUT2D eigenvalue weighted by Gasteiger charge is 2.35. The zero-order valence-electron chi connectivity index (χ0n) is 12.9. The molecule has 0 unspecified atom stereocenters. The third kappa shape index (κ3) is 3.60. The van der Waals surface area contributed by atoms with E-state index in [-0.39, 0.29) is 17.8 Å². The van der Waals surface area contributed by atoms with Crippen molar-refractivity contribution < 1.29 is 19.6 Å². The quantitative estimate of drug-likeness (QED) is 0.594. The SMILES string of the molecule is CCC(CC)(CNC(=O)c1cc([N+](=O)[O-])ccc1C)C(=O)O. The second kappa shape index (κ2) is 7.02. The van der Waals surface area contributed by atoms with Crippen LogP contribution in [-0.4, -0.2) is 28.5 Å². The van der Waals surface area contributed by atoms with Crippen LogP contribution >= 0.6 is 0 Å². The summed E-state index contributed by atoms with van der Waals surface area (Å²) in [6.07, 6.45) is 0.764. The summed E-state index contributed by atoms with van der Waals surface area (Å²) in [5.74, 6) is -1.47.